The van der Waals surface area contributed by atoms with E-state index in [4.69, 9.17) is 15.9 Å². The van der Waals surface area contributed by atoms with Crippen molar-refractivity contribution in [2.24, 2.45) is 5.73 Å². The number of aromatic nitrogens is 5. The Kier molecular flexibility index (Phi) is 6.37. The van der Waals surface area contributed by atoms with Gasteiger partial charge in [-0.3, -0.25) is 5.41 Å². The molecular weight excluding hydrogens is 438 g/mol. The summed E-state index contributed by atoms with van der Waals surface area (Å²) in [6.07, 6.45) is 1.89. The van der Waals surface area contributed by atoms with Crippen LogP contribution in [0.25, 0.3) is 22.4 Å². The number of rotatable bonds is 7. The van der Waals surface area contributed by atoms with Crippen LogP contribution < -0.4 is 10.5 Å². The highest BCUT2D eigenvalue weighted by atomic mass is 35.5. The summed E-state index contributed by atoms with van der Waals surface area (Å²) < 4.78 is 7.67. The lowest BCUT2D eigenvalue weighted by atomic mass is 10.2. The molecule has 8 nitrogen and oxygen atoms in total. The third-order valence-corrected chi connectivity index (χ3v) is 5.08. The van der Waals surface area contributed by atoms with Crippen LogP contribution in [-0.2, 0) is 13.2 Å². The largest absolute Gasteiger partial charge is 0.487 e. The van der Waals surface area contributed by atoms with Crippen LogP contribution in [0.4, 0.5) is 0 Å². The van der Waals surface area contributed by atoms with Gasteiger partial charge in [-0.2, -0.15) is 0 Å². The quantitative estimate of drug-likeness (QED) is 0.249. The Morgan fingerprint density at radius 2 is 1.82 bits per heavy atom. The molecule has 4 N–H and O–H groups in total. The van der Waals surface area contributed by atoms with E-state index < -0.39 is 0 Å². The minimum Gasteiger partial charge on any atom is -0.487 e. The molecule has 0 unspecified atom stereocenters. The van der Waals surface area contributed by atoms with Gasteiger partial charge in [0.15, 0.2) is 0 Å². The molecule has 2 aromatic heterocycles. The van der Waals surface area contributed by atoms with Crippen LogP contribution in [-0.4, -0.2) is 30.8 Å². The molecule has 0 saturated carbocycles. The van der Waals surface area contributed by atoms with Crippen molar-refractivity contribution in [1.82, 2.24) is 25.0 Å². The van der Waals surface area contributed by atoms with E-state index in [1.807, 2.05) is 60.8 Å². The molecule has 0 saturated heterocycles. The van der Waals surface area contributed by atoms with Crippen LogP contribution >= 0.6 is 12.4 Å². The lowest BCUT2D eigenvalue weighted by molar-refractivity contribution is 0.301. The second-order valence-corrected chi connectivity index (χ2v) is 7.44. The van der Waals surface area contributed by atoms with E-state index in [1.165, 1.54) is 5.56 Å². The molecular formula is C24H22ClN7O. The van der Waals surface area contributed by atoms with Crippen LogP contribution in [0.2, 0.25) is 0 Å². The second-order valence-electron chi connectivity index (χ2n) is 7.44. The summed E-state index contributed by atoms with van der Waals surface area (Å²) in [6.45, 7) is 1.01. The summed E-state index contributed by atoms with van der Waals surface area (Å²) in [5, 5.41) is 15.9. The number of amidine groups is 1. The number of fused-ring (bicyclic) bond motifs is 1. The highest BCUT2D eigenvalue weighted by molar-refractivity contribution is 5.98. The molecule has 0 spiro atoms. The number of nitrogens with zero attached hydrogens (tertiary/aromatic N) is 4. The van der Waals surface area contributed by atoms with Gasteiger partial charge in [0.2, 0.25) is 0 Å². The number of halogens is 1. The Bertz CT molecular complexity index is 1380. The summed E-state index contributed by atoms with van der Waals surface area (Å²) in [4.78, 5) is 7.90. The number of nitrogens with two attached hydrogens (primary N) is 1. The maximum absolute atomic E-state index is 7.58. The fraction of sp³-hybridized carbons (Fsp3) is 0.0833. The summed E-state index contributed by atoms with van der Waals surface area (Å²) in [7, 11) is 0. The molecule has 5 rings (SSSR count). The third kappa shape index (κ3) is 5.02. The van der Waals surface area contributed by atoms with E-state index in [9.17, 15) is 0 Å². The number of nitrogen functional groups attached to an aromatic ring is 1. The first-order valence-electron chi connectivity index (χ1n) is 10.1. The summed E-state index contributed by atoms with van der Waals surface area (Å²) in [5.41, 5.74) is 10.8. The molecule has 33 heavy (non-hydrogen) atoms. The summed E-state index contributed by atoms with van der Waals surface area (Å²) in [5.74, 6) is 1.52. The van der Waals surface area contributed by atoms with Crippen molar-refractivity contribution in [1.29, 1.82) is 5.41 Å². The lowest BCUT2D eigenvalue weighted by Gasteiger charge is -2.04. The van der Waals surface area contributed by atoms with Crippen LogP contribution in [0.3, 0.4) is 0 Å². The average molecular weight is 460 g/mol. The number of nitrogens with one attached hydrogen (secondary N) is 2. The molecule has 0 aliphatic carbocycles. The van der Waals surface area contributed by atoms with Gasteiger partial charge < -0.3 is 15.5 Å². The van der Waals surface area contributed by atoms with Crippen molar-refractivity contribution in [2.45, 2.75) is 13.2 Å². The first-order chi connectivity index (χ1) is 15.6. The Morgan fingerprint density at radius 3 is 2.58 bits per heavy atom. The number of hydrogen-bond donors (Lipinski definition) is 3. The number of H-pyrrole nitrogens is 1. The topological polar surface area (TPSA) is 118 Å². The molecule has 0 fully saturated rings. The second kappa shape index (κ2) is 9.54. The van der Waals surface area contributed by atoms with Crippen molar-refractivity contribution < 1.29 is 4.74 Å². The number of aromatic amines is 1. The van der Waals surface area contributed by atoms with Gasteiger partial charge in [0, 0.05) is 11.1 Å². The zero-order valence-electron chi connectivity index (χ0n) is 17.6. The van der Waals surface area contributed by atoms with E-state index in [-0.39, 0.29) is 18.2 Å². The van der Waals surface area contributed by atoms with Crippen molar-refractivity contribution in [3.63, 3.8) is 0 Å². The van der Waals surface area contributed by atoms with Gasteiger partial charge in [0.1, 0.15) is 29.7 Å². The summed E-state index contributed by atoms with van der Waals surface area (Å²) in [6, 6.07) is 23.3. The van der Waals surface area contributed by atoms with Crippen LogP contribution in [0.5, 0.6) is 5.75 Å². The standard InChI is InChI=1S/C24H21N7O.ClH/c25-23(26)18-8-11-21-22(12-18)28-24(27-21)17-6-9-20(10-7-17)32-15-19-14-31(30-29-19)13-16-4-2-1-3-5-16;/h1-12,14H,13,15H2,(H3,25,26)(H,27,28);1H. The smallest absolute Gasteiger partial charge is 0.138 e. The van der Waals surface area contributed by atoms with Crippen LogP contribution in [0, 0.1) is 5.41 Å². The Morgan fingerprint density at radius 1 is 1.03 bits per heavy atom. The number of ether oxygens (including phenoxy) is 1. The van der Waals surface area contributed by atoms with Gasteiger partial charge in [0.05, 0.1) is 23.8 Å². The minimum atomic E-state index is 0. The molecule has 5 aromatic rings. The van der Waals surface area contributed by atoms with Gasteiger partial charge in [-0.25, -0.2) is 9.67 Å². The normalized spacial score (nSPS) is 10.7. The van der Waals surface area contributed by atoms with Gasteiger partial charge in [0.25, 0.3) is 0 Å². The maximum atomic E-state index is 7.58. The number of hydrogen-bond acceptors (Lipinski definition) is 5. The van der Waals surface area contributed by atoms with E-state index in [1.54, 1.807) is 10.7 Å². The van der Waals surface area contributed by atoms with Crippen molar-refractivity contribution in [2.75, 3.05) is 0 Å². The molecule has 166 valence electrons. The van der Waals surface area contributed by atoms with Gasteiger partial charge in [-0.1, -0.05) is 35.5 Å². The van der Waals surface area contributed by atoms with Crippen LogP contribution in [0.15, 0.2) is 79.0 Å². The van der Waals surface area contributed by atoms with Gasteiger partial charge >= 0.3 is 0 Å². The predicted octanol–water partition coefficient (Wildman–Crippen LogP) is 4.15. The molecule has 0 bridgehead atoms. The van der Waals surface area contributed by atoms with Gasteiger partial charge in [-0.15, -0.1) is 17.5 Å². The monoisotopic (exact) mass is 459 g/mol. The first kappa shape index (κ1) is 22.0. The van der Waals surface area contributed by atoms with Crippen molar-refractivity contribution in [3.8, 4) is 17.1 Å². The molecule has 0 aliphatic heterocycles. The van der Waals surface area contributed by atoms with Gasteiger partial charge in [-0.05, 0) is 48.0 Å². The Hall–Kier alpha value is -4.17. The van der Waals surface area contributed by atoms with E-state index in [0.29, 0.717) is 18.7 Å². The van der Waals surface area contributed by atoms with Crippen molar-refractivity contribution in [3.05, 3.63) is 95.8 Å². The Balaban J connectivity index is 0.00000259. The zero-order chi connectivity index (χ0) is 21.9. The summed E-state index contributed by atoms with van der Waals surface area (Å²) >= 11 is 0. The van der Waals surface area contributed by atoms with Crippen molar-refractivity contribution >= 4 is 29.3 Å². The highest BCUT2D eigenvalue weighted by Gasteiger charge is 2.08. The molecule has 0 amide bonds. The SMILES string of the molecule is Cl.N=C(N)c1ccc2nc(-c3ccc(OCc4cn(Cc5ccccc5)nn4)cc3)[nH]c2c1. The van der Waals surface area contributed by atoms with E-state index >= 15 is 0 Å². The number of imidazole rings is 1. The van der Waals surface area contributed by atoms with E-state index in [0.717, 1.165) is 33.9 Å². The minimum absolute atomic E-state index is 0. The lowest BCUT2D eigenvalue weighted by Crippen LogP contribution is -2.10. The molecule has 0 aliphatic rings. The predicted molar refractivity (Wildman–Crippen MR) is 130 cm³/mol. The highest BCUT2D eigenvalue weighted by Crippen LogP contribution is 2.24. The first-order valence-corrected chi connectivity index (χ1v) is 10.1. The third-order valence-electron chi connectivity index (χ3n) is 5.08. The molecule has 2 heterocycles. The number of benzene rings is 3. The molecule has 0 atom stereocenters. The average Bonchev–Trinajstić information content (AvgIpc) is 3.45. The fourth-order valence-electron chi connectivity index (χ4n) is 3.43. The molecule has 9 heteroatoms. The van der Waals surface area contributed by atoms with Crippen LogP contribution in [0.1, 0.15) is 16.8 Å². The zero-order valence-corrected chi connectivity index (χ0v) is 18.4. The van der Waals surface area contributed by atoms with E-state index in [2.05, 4.69) is 32.4 Å². The Labute approximate surface area is 196 Å². The fourth-order valence-corrected chi connectivity index (χ4v) is 3.43. The molecule has 3 aromatic carbocycles. The molecule has 0 radical (unpaired) electrons. The maximum Gasteiger partial charge on any atom is 0.138 e.